The Kier molecular flexibility index (Phi) is 5.34. The number of benzene rings is 3. The molecule has 2 nitrogen and oxygen atoms in total. The molecular weight excluding hydrogens is 347 g/mol. The van der Waals surface area contributed by atoms with E-state index in [1.54, 1.807) is 12.1 Å². The lowest BCUT2D eigenvalue weighted by Gasteiger charge is -2.11. The van der Waals surface area contributed by atoms with Gasteiger partial charge in [0.05, 0.1) is 12.0 Å². The van der Waals surface area contributed by atoms with Crippen molar-refractivity contribution in [2.45, 2.75) is 26.3 Å². The lowest BCUT2D eigenvalue weighted by atomic mass is 10.0. The molecule has 0 aliphatic rings. The van der Waals surface area contributed by atoms with Crippen LogP contribution in [0.4, 0.5) is 4.39 Å². The molecule has 0 saturated heterocycles. The van der Waals surface area contributed by atoms with Gasteiger partial charge in [0.1, 0.15) is 5.82 Å². The monoisotopic (exact) mass is 370 g/mol. The zero-order valence-corrected chi connectivity index (χ0v) is 16.0. The molecular formula is C25H23FN2. The summed E-state index contributed by atoms with van der Waals surface area (Å²) in [7, 11) is 0. The summed E-state index contributed by atoms with van der Waals surface area (Å²) in [5.74, 6) is -0.226. The highest BCUT2D eigenvalue weighted by Crippen LogP contribution is 2.27. The second kappa shape index (κ2) is 8.22. The zero-order valence-electron chi connectivity index (χ0n) is 16.0. The Balaban J connectivity index is 1.68. The first-order chi connectivity index (χ1) is 13.8. The van der Waals surface area contributed by atoms with Crippen LogP contribution in [0.2, 0.25) is 0 Å². The third-order valence-corrected chi connectivity index (χ3v) is 4.95. The van der Waals surface area contributed by atoms with Gasteiger partial charge < -0.3 is 4.57 Å². The lowest BCUT2D eigenvalue weighted by molar-refractivity contribution is 0.630. The maximum Gasteiger partial charge on any atom is 0.132 e. The fraction of sp³-hybridized carbons (Fsp3) is 0.160. The van der Waals surface area contributed by atoms with Gasteiger partial charge in [-0.2, -0.15) is 0 Å². The van der Waals surface area contributed by atoms with Gasteiger partial charge in [0.2, 0.25) is 0 Å². The number of halogens is 1. The molecule has 28 heavy (non-hydrogen) atoms. The molecule has 0 saturated carbocycles. The van der Waals surface area contributed by atoms with E-state index in [2.05, 4.69) is 65.0 Å². The molecule has 4 aromatic rings. The van der Waals surface area contributed by atoms with Crippen LogP contribution < -0.4 is 0 Å². The van der Waals surface area contributed by atoms with Gasteiger partial charge in [-0.1, -0.05) is 74.0 Å². The maximum atomic E-state index is 14.3. The van der Waals surface area contributed by atoms with Crippen molar-refractivity contribution in [1.82, 2.24) is 9.55 Å². The highest BCUT2D eigenvalue weighted by molar-refractivity contribution is 5.64. The molecule has 4 rings (SSSR count). The molecule has 0 radical (unpaired) electrons. The van der Waals surface area contributed by atoms with E-state index in [0.717, 1.165) is 30.8 Å². The van der Waals surface area contributed by atoms with Crippen LogP contribution in [0, 0.1) is 5.82 Å². The molecule has 0 amide bonds. The van der Waals surface area contributed by atoms with Crippen LogP contribution in [0.5, 0.6) is 0 Å². The van der Waals surface area contributed by atoms with Gasteiger partial charge in [0.25, 0.3) is 0 Å². The van der Waals surface area contributed by atoms with Crippen LogP contribution in [-0.4, -0.2) is 9.55 Å². The number of imidazole rings is 1. The third-order valence-electron chi connectivity index (χ3n) is 4.95. The summed E-state index contributed by atoms with van der Waals surface area (Å²) in [6.45, 7) is 2.86. The number of hydrogen-bond acceptors (Lipinski definition) is 1. The standard InChI is InChI=1S/C25H23FN2/c1-2-9-24-25(22-14-6-7-15-23(22)26)27-18-28(24)17-19-10-8-13-21(16-19)20-11-4-3-5-12-20/h3-8,10-16,18H,2,9,17H2,1H3. The Morgan fingerprint density at radius 3 is 2.39 bits per heavy atom. The summed E-state index contributed by atoms with van der Waals surface area (Å²) in [6.07, 6.45) is 3.68. The third kappa shape index (κ3) is 3.74. The van der Waals surface area contributed by atoms with E-state index in [4.69, 9.17) is 0 Å². The van der Waals surface area contributed by atoms with E-state index in [0.29, 0.717) is 5.56 Å². The van der Waals surface area contributed by atoms with E-state index in [1.165, 1.54) is 22.8 Å². The van der Waals surface area contributed by atoms with Gasteiger partial charge in [0, 0.05) is 17.8 Å². The highest BCUT2D eigenvalue weighted by Gasteiger charge is 2.15. The van der Waals surface area contributed by atoms with Crippen LogP contribution in [0.15, 0.2) is 85.2 Å². The van der Waals surface area contributed by atoms with Crippen molar-refractivity contribution in [3.05, 3.63) is 102 Å². The summed E-state index contributed by atoms with van der Waals surface area (Å²) in [6, 6.07) is 25.8. The predicted molar refractivity (Wildman–Crippen MR) is 113 cm³/mol. The fourth-order valence-corrected chi connectivity index (χ4v) is 3.60. The molecule has 0 fully saturated rings. The van der Waals surface area contributed by atoms with Crippen molar-refractivity contribution in [2.75, 3.05) is 0 Å². The fourth-order valence-electron chi connectivity index (χ4n) is 3.60. The molecule has 0 bridgehead atoms. The van der Waals surface area contributed by atoms with E-state index < -0.39 is 0 Å². The van der Waals surface area contributed by atoms with Crippen molar-refractivity contribution in [1.29, 1.82) is 0 Å². The molecule has 0 atom stereocenters. The molecule has 3 heteroatoms. The number of rotatable bonds is 6. The normalized spacial score (nSPS) is 10.9. The number of hydrogen-bond donors (Lipinski definition) is 0. The first kappa shape index (κ1) is 18.2. The quantitative estimate of drug-likeness (QED) is 0.386. The van der Waals surface area contributed by atoms with Crippen LogP contribution in [0.3, 0.4) is 0 Å². The summed E-state index contributed by atoms with van der Waals surface area (Å²) >= 11 is 0. The van der Waals surface area contributed by atoms with Crippen LogP contribution in [0.1, 0.15) is 24.6 Å². The van der Waals surface area contributed by atoms with Crippen molar-refractivity contribution < 1.29 is 4.39 Å². The minimum absolute atomic E-state index is 0.226. The summed E-state index contributed by atoms with van der Waals surface area (Å²) in [5.41, 5.74) is 6.01. The average molecular weight is 370 g/mol. The Labute approximate surface area is 165 Å². The summed E-state index contributed by atoms with van der Waals surface area (Å²) < 4.78 is 16.5. The highest BCUT2D eigenvalue weighted by atomic mass is 19.1. The van der Waals surface area contributed by atoms with Crippen molar-refractivity contribution in [3.8, 4) is 22.4 Å². The second-order valence-electron chi connectivity index (χ2n) is 6.96. The van der Waals surface area contributed by atoms with Crippen molar-refractivity contribution in [2.24, 2.45) is 0 Å². The molecule has 0 N–H and O–H groups in total. The maximum absolute atomic E-state index is 14.3. The SMILES string of the molecule is CCCc1c(-c2ccccc2F)ncn1Cc1cccc(-c2ccccc2)c1. The second-order valence-corrected chi connectivity index (χ2v) is 6.96. The topological polar surface area (TPSA) is 17.8 Å². The smallest absolute Gasteiger partial charge is 0.132 e. The Morgan fingerprint density at radius 2 is 1.61 bits per heavy atom. The molecule has 0 unspecified atom stereocenters. The van der Waals surface area contributed by atoms with Crippen LogP contribution >= 0.6 is 0 Å². The average Bonchev–Trinajstić information content (AvgIpc) is 3.12. The van der Waals surface area contributed by atoms with E-state index in [-0.39, 0.29) is 5.82 Å². The van der Waals surface area contributed by atoms with E-state index >= 15 is 0 Å². The number of nitrogens with zero attached hydrogens (tertiary/aromatic N) is 2. The molecule has 1 heterocycles. The van der Waals surface area contributed by atoms with E-state index in [9.17, 15) is 4.39 Å². The molecule has 0 aliphatic heterocycles. The summed E-state index contributed by atoms with van der Waals surface area (Å²) in [4.78, 5) is 4.57. The molecule has 0 spiro atoms. The molecule has 0 aliphatic carbocycles. The minimum Gasteiger partial charge on any atom is -0.330 e. The van der Waals surface area contributed by atoms with Gasteiger partial charge in [-0.15, -0.1) is 0 Å². The lowest BCUT2D eigenvalue weighted by Crippen LogP contribution is -2.04. The first-order valence-electron chi connectivity index (χ1n) is 9.69. The molecule has 1 aromatic heterocycles. The first-order valence-corrected chi connectivity index (χ1v) is 9.69. The Morgan fingerprint density at radius 1 is 0.857 bits per heavy atom. The predicted octanol–water partition coefficient (Wildman–Crippen LogP) is 6.36. The van der Waals surface area contributed by atoms with Crippen molar-refractivity contribution in [3.63, 3.8) is 0 Å². The molecule has 140 valence electrons. The van der Waals surface area contributed by atoms with Crippen LogP contribution in [-0.2, 0) is 13.0 Å². The van der Waals surface area contributed by atoms with E-state index in [1.807, 2.05) is 18.5 Å². The van der Waals surface area contributed by atoms with Gasteiger partial charge in [-0.25, -0.2) is 9.37 Å². The van der Waals surface area contributed by atoms with Gasteiger partial charge in [0.15, 0.2) is 0 Å². The number of aromatic nitrogens is 2. The Hall–Kier alpha value is -3.20. The largest absolute Gasteiger partial charge is 0.330 e. The van der Waals surface area contributed by atoms with Gasteiger partial charge >= 0.3 is 0 Å². The van der Waals surface area contributed by atoms with Gasteiger partial charge in [-0.05, 0) is 41.3 Å². The Bertz CT molecular complexity index is 1070. The van der Waals surface area contributed by atoms with Crippen LogP contribution in [0.25, 0.3) is 22.4 Å². The zero-order chi connectivity index (χ0) is 19.3. The summed E-state index contributed by atoms with van der Waals surface area (Å²) in [5, 5.41) is 0. The minimum atomic E-state index is -0.226. The van der Waals surface area contributed by atoms with Crippen molar-refractivity contribution >= 4 is 0 Å². The molecule has 3 aromatic carbocycles. The van der Waals surface area contributed by atoms with Gasteiger partial charge in [-0.3, -0.25) is 0 Å².